The largest absolute Gasteiger partial charge is 0.409 e. The maximum Gasteiger partial charge on any atom is 0.289 e. The number of aromatic nitrogens is 4. The van der Waals surface area contributed by atoms with E-state index in [9.17, 15) is 0 Å². The van der Waals surface area contributed by atoms with Crippen molar-refractivity contribution < 1.29 is 4.42 Å². The highest BCUT2D eigenvalue weighted by molar-refractivity contribution is 7.71. The van der Waals surface area contributed by atoms with Gasteiger partial charge >= 0.3 is 0 Å². The van der Waals surface area contributed by atoms with Crippen LogP contribution in [-0.2, 0) is 6.67 Å². The molecule has 1 N–H and O–H groups in total. The van der Waals surface area contributed by atoms with Crippen LogP contribution in [0.2, 0.25) is 20.2 Å². The third kappa shape index (κ3) is 3.81. The Morgan fingerprint density at radius 3 is 2.62 bits per heavy atom. The molecule has 124 valence electrons. The first-order valence-electron chi connectivity index (χ1n) is 6.40. The van der Waals surface area contributed by atoms with Crippen molar-refractivity contribution in [2.75, 3.05) is 5.32 Å². The van der Waals surface area contributed by atoms with E-state index in [0.29, 0.717) is 26.6 Å². The number of nitrogens with one attached hydrogen (secondary N) is 1. The van der Waals surface area contributed by atoms with E-state index in [1.54, 1.807) is 18.2 Å². The average molecular weight is 423 g/mol. The second-order valence-electron chi connectivity index (χ2n) is 4.50. The number of rotatable bonds is 4. The molecule has 0 spiro atoms. The maximum atomic E-state index is 6.17. The second kappa shape index (κ2) is 7.25. The van der Waals surface area contributed by atoms with E-state index < -0.39 is 0 Å². The van der Waals surface area contributed by atoms with E-state index in [1.165, 1.54) is 10.7 Å². The van der Waals surface area contributed by atoms with E-state index in [4.69, 9.17) is 63.0 Å². The zero-order valence-corrected chi connectivity index (χ0v) is 15.5. The molecule has 2 heterocycles. The Hall–Kier alpha value is -1.38. The summed E-state index contributed by atoms with van der Waals surface area (Å²) in [7, 11) is 0. The van der Waals surface area contributed by atoms with Crippen LogP contribution in [0.5, 0.6) is 0 Å². The van der Waals surface area contributed by atoms with E-state index >= 15 is 0 Å². The van der Waals surface area contributed by atoms with Crippen LogP contribution in [0.1, 0.15) is 0 Å². The molecular formula is C13H7Cl4N5OS. The van der Waals surface area contributed by atoms with Gasteiger partial charge in [-0.25, -0.2) is 4.68 Å². The fourth-order valence-electron chi connectivity index (χ4n) is 1.79. The topological polar surface area (TPSA) is 68.8 Å². The van der Waals surface area contributed by atoms with Gasteiger partial charge in [0.15, 0.2) is 5.15 Å². The molecule has 0 atom stereocenters. The quantitative estimate of drug-likeness (QED) is 0.451. The third-order valence-electron chi connectivity index (χ3n) is 2.87. The molecule has 0 radical (unpaired) electrons. The van der Waals surface area contributed by atoms with Crippen LogP contribution in [0.25, 0.3) is 11.5 Å². The Kier molecular flexibility index (Phi) is 5.27. The van der Waals surface area contributed by atoms with Gasteiger partial charge in [-0.15, -0.1) is 15.3 Å². The van der Waals surface area contributed by atoms with Crippen molar-refractivity contribution in [1.82, 2.24) is 20.0 Å². The lowest BCUT2D eigenvalue weighted by Crippen LogP contribution is -2.10. The van der Waals surface area contributed by atoms with Gasteiger partial charge in [-0.05, 0) is 36.5 Å². The number of halogens is 4. The first-order chi connectivity index (χ1) is 11.4. The molecule has 0 aliphatic carbocycles. The maximum absolute atomic E-state index is 6.17. The highest BCUT2D eigenvalue weighted by Gasteiger charge is 2.15. The van der Waals surface area contributed by atoms with Crippen LogP contribution in [0, 0.1) is 4.84 Å². The molecule has 0 aliphatic heterocycles. The summed E-state index contributed by atoms with van der Waals surface area (Å²) < 4.78 is 6.89. The predicted molar refractivity (Wildman–Crippen MR) is 96.5 cm³/mol. The summed E-state index contributed by atoms with van der Waals surface area (Å²) in [6, 6.07) is 6.41. The third-order valence-corrected chi connectivity index (χ3v) is 4.39. The molecule has 3 aromatic rings. The average Bonchev–Trinajstić information content (AvgIpc) is 2.91. The van der Waals surface area contributed by atoms with E-state index in [0.717, 1.165) is 0 Å². The number of nitrogens with zero attached hydrogens (tertiary/aromatic N) is 4. The normalized spacial score (nSPS) is 10.8. The summed E-state index contributed by atoms with van der Waals surface area (Å²) >= 11 is 29.0. The molecule has 6 nitrogen and oxygen atoms in total. The minimum Gasteiger partial charge on any atom is -0.409 e. The van der Waals surface area contributed by atoms with Crippen molar-refractivity contribution in [3.05, 3.63) is 49.3 Å². The molecule has 1 aromatic carbocycles. The molecule has 0 amide bonds. The summed E-state index contributed by atoms with van der Waals surface area (Å²) in [6.45, 7) is 0.213. The Labute approximate surface area is 161 Å². The van der Waals surface area contributed by atoms with Gasteiger partial charge in [0.25, 0.3) is 4.84 Å². The minimum absolute atomic E-state index is 0.145. The Morgan fingerprint density at radius 2 is 1.92 bits per heavy atom. The molecule has 3 rings (SSSR count). The van der Waals surface area contributed by atoms with Crippen molar-refractivity contribution in [3.63, 3.8) is 0 Å². The van der Waals surface area contributed by atoms with Gasteiger partial charge in [0.05, 0.1) is 15.6 Å². The zero-order chi connectivity index (χ0) is 17.3. The van der Waals surface area contributed by atoms with E-state index in [2.05, 4.69) is 20.6 Å². The lowest BCUT2D eigenvalue weighted by Gasteiger charge is -2.04. The number of benzene rings is 1. The zero-order valence-electron chi connectivity index (χ0n) is 11.6. The number of hydrogen-bond acceptors (Lipinski definition) is 6. The highest BCUT2D eigenvalue weighted by Crippen LogP contribution is 2.35. The van der Waals surface area contributed by atoms with Crippen LogP contribution < -0.4 is 5.32 Å². The lowest BCUT2D eigenvalue weighted by atomic mass is 10.2. The smallest absolute Gasteiger partial charge is 0.289 e. The van der Waals surface area contributed by atoms with Crippen LogP contribution in [0.4, 0.5) is 5.82 Å². The first-order valence-corrected chi connectivity index (χ1v) is 8.32. The van der Waals surface area contributed by atoms with Crippen LogP contribution in [-0.4, -0.2) is 20.0 Å². The number of hydrogen-bond donors (Lipinski definition) is 1. The SMILES string of the molecule is S=c1oc(-c2cc(Cl)cc(Cl)c2Cl)nn1CNc1ccc(Cl)nn1. The van der Waals surface area contributed by atoms with Crippen molar-refractivity contribution >= 4 is 64.4 Å². The van der Waals surface area contributed by atoms with Crippen molar-refractivity contribution in [1.29, 1.82) is 0 Å². The van der Waals surface area contributed by atoms with Crippen LogP contribution >= 0.6 is 58.6 Å². The number of anilines is 1. The summed E-state index contributed by atoms with van der Waals surface area (Å²) in [6.07, 6.45) is 0. The molecule has 0 unspecified atom stereocenters. The predicted octanol–water partition coefficient (Wildman–Crippen LogP) is 5.35. The lowest BCUT2D eigenvalue weighted by molar-refractivity contribution is 0.522. The second-order valence-corrected chi connectivity index (χ2v) is 6.46. The van der Waals surface area contributed by atoms with Crippen molar-refractivity contribution in [2.45, 2.75) is 6.67 Å². The first kappa shape index (κ1) is 17.4. The fourth-order valence-corrected chi connectivity index (χ4v) is 2.76. The van der Waals surface area contributed by atoms with Crippen molar-refractivity contribution in [2.24, 2.45) is 0 Å². The monoisotopic (exact) mass is 421 g/mol. The van der Waals surface area contributed by atoms with Gasteiger partial charge in [0, 0.05) is 5.02 Å². The summed E-state index contributed by atoms with van der Waals surface area (Å²) in [5.41, 5.74) is 0.449. The van der Waals surface area contributed by atoms with Gasteiger partial charge in [0.1, 0.15) is 12.5 Å². The van der Waals surface area contributed by atoms with Gasteiger partial charge < -0.3 is 9.73 Å². The molecule has 0 saturated carbocycles. The molecule has 24 heavy (non-hydrogen) atoms. The molecule has 0 aliphatic rings. The van der Waals surface area contributed by atoms with E-state index in [-0.39, 0.29) is 22.4 Å². The summed E-state index contributed by atoms with van der Waals surface area (Å²) in [4.78, 5) is 0.145. The molecule has 0 saturated heterocycles. The molecule has 0 fully saturated rings. The molecule has 11 heteroatoms. The van der Waals surface area contributed by atoms with Gasteiger partial charge in [-0.3, -0.25) is 0 Å². The highest BCUT2D eigenvalue weighted by atomic mass is 35.5. The molecule has 2 aromatic heterocycles. The van der Waals surface area contributed by atoms with Crippen LogP contribution in [0.15, 0.2) is 28.7 Å². The van der Waals surface area contributed by atoms with Crippen molar-refractivity contribution in [3.8, 4) is 11.5 Å². The molecule has 0 bridgehead atoms. The van der Waals surface area contributed by atoms with Gasteiger partial charge in [-0.1, -0.05) is 46.4 Å². The fraction of sp³-hybridized carbons (Fsp3) is 0.0769. The Balaban J connectivity index is 1.85. The Bertz CT molecular complexity index is 941. The van der Waals surface area contributed by atoms with Crippen LogP contribution in [0.3, 0.4) is 0 Å². The van der Waals surface area contributed by atoms with Gasteiger partial charge in [0.2, 0.25) is 5.89 Å². The molecular weight excluding hydrogens is 416 g/mol. The van der Waals surface area contributed by atoms with E-state index in [1.807, 2.05) is 0 Å². The summed E-state index contributed by atoms with van der Waals surface area (Å²) in [5, 5.41) is 16.1. The summed E-state index contributed by atoms with van der Waals surface area (Å²) in [5.74, 6) is 0.716. The minimum atomic E-state index is 0.145. The standard InChI is InChI=1S/C13H7Cl4N5OS/c14-6-3-7(11(17)8(15)4-6)12-21-22(13(24)23-12)5-18-10-2-1-9(16)19-20-10/h1-4H,5H2,(H,18,20). The Morgan fingerprint density at radius 1 is 1.12 bits per heavy atom. The van der Waals surface area contributed by atoms with Gasteiger partial charge in [-0.2, -0.15) is 0 Å².